The number of nitrogens with one attached hydrogen (secondary N) is 1. The van der Waals surface area contributed by atoms with Gasteiger partial charge in [0.2, 0.25) is 0 Å². The number of halogens is 1. The Morgan fingerprint density at radius 1 is 1.09 bits per heavy atom. The smallest absolute Gasteiger partial charge is 0.257 e. The Balaban J connectivity index is 1.61. The number of amides is 1. The molecule has 22 heavy (non-hydrogen) atoms. The fourth-order valence-electron chi connectivity index (χ4n) is 2.01. The lowest BCUT2D eigenvalue weighted by Gasteiger charge is -2.08. The van der Waals surface area contributed by atoms with Crippen molar-refractivity contribution in [2.45, 2.75) is 19.8 Å². The van der Waals surface area contributed by atoms with Gasteiger partial charge in [-0.3, -0.25) is 4.79 Å². The Bertz CT molecular complexity index is 593. The normalized spacial score (nSPS) is 10.3. The van der Waals surface area contributed by atoms with E-state index in [0.717, 1.165) is 17.9 Å². The molecule has 0 atom stereocenters. The Kier molecular flexibility index (Phi) is 6.28. The number of carbonyl (C=O) groups is 1. The van der Waals surface area contributed by atoms with Crippen molar-refractivity contribution in [2.24, 2.45) is 0 Å². The molecular formula is C18H20ClNO2. The van der Waals surface area contributed by atoms with Gasteiger partial charge in [-0.15, -0.1) is 0 Å². The third-order valence-electron chi connectivity index (χ3n) is 3.27. The van der Waals surface area contributed by atoms with Crippen molar-refractivity contribution in [3.63, 3.8) is 0 Å². The molecule has 0 aliphatic heterocycles. The molecule has 0 heterocycles. The average molecular weight is 318 g/mol. The number of hydrogen-bond acceptors (Lipinski definition) is 2. The highest BCUT2D eigenvalue weighted by atomic mass is 35.5. The van der Waals surface area contributed by atoms with Crippen LogP contribution in [-0.2, 0) is 11.2 Å². The number of benzene rings is 2. The van der Waals surface area contributed by atoms with Crippen molar-refractivity contribution in [1.29, 1.82) is 0 Å². The molecule has 0 bridgehead atoms. The maximum absolute atomic E-state index is 11.7. The van der Waals surface area contributed by atoms with E-state index in [9.17, 15) is 4.79 Å². The van der Waals surface area contributed by atoms with E-state index in [2.05, 4.69) is 5.32 Å². The zero-order valence-electron chi connectivity index (χ0n) is 12.6. The molecule has 0 fully saturated rings. The van der Waals surface area contributed by atoms with Crippen LogP contribution >= 0.6 is 11.6 Å². The van der Waals surface area contributed by atoms with E-state index in [4.69, 9.17) is 16.3 Å². The number of ether oxygens (including phenoxy) is 1. The van der Waals surface area contributed by atoms with Crippen LogP contribution in [0.25, 0.3) is 0 Å². The highest BCUT2D eigenvalue weighted by Gasteiger charge is 2.02. The van der Waals surface area contributed by atoms with Crippen LogP contribution < -0.4 is 10.1 Å². The zero-order chi connectivity index (χ0) is 15.8. The van der Waals surface area contributed by atoms with Gasteiger partial charge in [0.15, 0.2) is 6.61 Å². The van der Waals surface area contributed by atoms with Crippen LogP contribution in [0.4, 0.5) is 0 Å². The maximum Gasteiger partial charge on any atom is 0.257 e. The fourth-order valence-corrected chi connectivity index (χ4v) is 2.13. The third-order valence-corrected chi connectivity index (χ3v) is 3.52. The first-order valence-electron chi connectivity index (χ1n) is 7.34. The average Bonchev–Trinajstić information content (AvgIpc) is 2.53. The van der Waals surface area contributed by atoms with E-state index in [0.29, 0.717) is 12.3 Å². The van der Waals surface area contributed by atoms with Crippen molar-refractivity contribution < 1.29 is 9.53 Å². The van der Waals surface area contributed by atoms with Gasteiger partial charge in [0.25, 0.3) is 5.91 Å². The van der Waals surface area contributed by atoms with Crippen molar-refractivity contribution in [2.75, 3.05) is 13.2 Å². The van der Waals surface area contributed by atoms with Crippen LogP contribution in [0.5, 0.6) is 5.75 Å². The van der Waals surface area contributed by atoms with Gasteiger partial charge in [-0.2, -0.15) is 0 Å². The lowest BCUT2D eigenvalue weighted by molar-refractivity contribution is -0.123. The molecule has 2 rings (SSSR count). The summed E-state index contributed by atoms with van der Waals surface area (Å²) in [5.41, 5.74) is 2.38. The van der Waals surface area contributed by atoms with Crippen LogP contribution in [0, 0.1) is 6.92 Å². The van der Waals surface area contributed by atoms with Crippen molar-refractivity contribution >= 4 is 17.5 Å². The molecule has 0 spiro atoms. The first-order chi connectivity index (χ1) is 10.6. The van der Waals surface area contributed by atoms with Crippen molar-refractivity contribution in [1.82, 2.24) is 5.32 Å². The van der Waals surface area contributed by atoms with Crippen molar-refractivity contribution in [3.8, 4) is 5.75 Å². The zero-order valence-corrected chi connectivity index (χ0v) is 13.4. The summed E-state index contributed by atoms with van der Waals surface area (Å²) in [6.07, 6.45) is 1.80. The van der Waals surface area contributed by atoms with Gasteiger partial charge in [0, 0.05) is 11.6 Å². The summed E-state index contributed by atoms with van der Waals surface area (Å²) < 4.78 is 5.42. The van der Waals surface area contributed by atoms with Gasteiger partial charge in [-0.25, -0.2) is 0 Å². The third kappa shape index (κ3) is 5.78. The first kappa shape index (κ1) is 16.4. The van der Waals surface area contributed by atoms with Crippen LogP contribution in [0.3, 0.4) is 0 Å². The lowest BCUT2D eigenvalue weighted by Crippen LogP contribution is -2.29. The largest absolute Gasteiger partial charge is 0.484 e. The molecule has 1 N–H and O–H groups in total. The minimum absolute atomic E-state index is 0.0456. The second kappa shape index (κ2) is 8.44. The summed E-state index contributed by atoms with van der Waals surface area (Å²) in [6.45, 7) is 2.69. The predicted molar refractivity (Wildman–Crippen MR) is 89.5 cm³/mol. The maximum atomic E-state index is 11.7. The molecule has 2 aromatic carbocycles. The van der Waals surface area contributed by atoms with Gasteiger partial charge in [-0.1, -0.05) is 41.4 Å². The van der Waals surface area contributed by atoms with E-state index < -0.39 is 0 Å². The molecule has 4 heteroatoms. The molecule has 1 amide bonds. The highest BCUT2D eigenvalue weighted by molar-refractivity contribution is 6.30. The Morgan fingerprint density at radius 2 is 1.77 bits per heavy atom. The standard InChI is InChI=1S/C18H20ClNO2/c1-14-4-10-17(11-5-14)22-13-18(21)20-12-2-3-15-6-8-16(19)9-7-15/h4-11H,2-3,12-13H2,1H3,(H,20,21). The van der Waals surface area contributed by atoms with E-state index in [-0.39, 0.29) is 12.5 Å². The quantitative estimate of drug-likeness (QED) is 0.789. The summed E-state index contributed by atoms with van der Waals surface area (Å²) in [5, 5.41) is 3.60. The van der Waals surface area contributed by atoms with Crippen LogP contribution in [0.2, 0.25) is 5.02 Å². The topological polar surface area (TPSA) is 38.3 Å². The van der Waals surface area contributed by atoms with E-state index >= 15 is 0 Å². The summed E-state index contributed by atoms with van der Waals surface area (Å²) in [6, 6.07) is 15.4. The Labute approximate surface area is 136 Å². The highest BCUT2D eigenvalue weighted by Crippen LogP contribution is 2.11. The lowest BCUT2D eigenvalue weighted by atomic mass is 10.1. The predicted octanol–water partition coefficient (Wildman–Crippen LogP) is 3.78. The summed E-state index contributed by atoms with van der Waals surface area (Å²) >= 11 is 5.84. The molecule has 0 saturated carbocycles. The summed E-state index contributed by atoms with van der Waals surface area (Å²) in [4.78, 5) is 11.7. The molecule has 0 saturated heterocycles. The van der Waals surface area contributed by atoms with E-state index in [1.165, 1.54) is 11.1 Å². The van der Waals surface area contributed by atoms with E-state index in [1.54, 1.807) is 0 Å². The molecule has 0 aliphatic rings. The minimum Gasteiger partial charge on any atom is -0.484 e. The van der Waals surface area contributed by atoms with Gasteiger partial charge in [0.05, 0.1) is 0 Å². The fraction of sp³-hybridized carbons (Fsp3) is 0.278. The van der Waals surface area contributed by atoms with Gasteiger partial charge >= 0.3 is 0 Å². The Morgan fingerprint density at radius 3 is 2.45 bits per heavy atom. The van der Waals surface area contributed by atoms with Crippen LogP contribution in [0.1, 0.15) is 17.5 Å². The monoisotopic (exact) mass is 317 g/mol. The molecule has 3 nitrogen and oxygen atoms in total. The van der Waals surface area contributed by atoms with Crippen LogP contribution in [-0.4, -0.2) is 19.1 Å². The minimum atomic E-state index is -0.100. The van der Waals surface area contributed by atoms with Gasteiger partial charge < -0.3 is 10.1 Å². The number of carbonyl (C=O) groups excluding carboxylic acids is 1. The second-order valence-corrected chi connectivity index (χ2v) is 5.62. The SMILES string of the molecule is Cc1ccc(OCC(=O)NCCCc2ccc(Cl)cc2)cc1. The molecular weight excluding hydrogens is 298 g/mol. The van der Waals surface area contributed by atoms with E-state index in [1.807, 2.05) is 55.5 Å². The number of aryl methyl sites for hydroxylation is 2. The second-order valence-electron chi connectivity index (χ2n) is 5.18. The number of hydrogen-bond donors (Lipinski definition) is 1. The molecule has 0 radical (unpaired) electrons. The van der Waals surface area contributed by atoms with Crippen LogP contribution in [0.15, 0.2) is 48.5 Å². The Hall–Kier alpha value is -2.00. The first-order valence-corrected chi connectivity index (χ1v) is 7.72. The van der Waals surface area contributed by atoms with Gasteiger partial charge in [-0.05, 0) is 49.6 Å². The molecule has 0 unspecified atom stereocenters. The van der Waals surface area contributed by atoms with Crippen molar-refractivity contribution in [3.05, 3.63) is 64.7 Å². The molecule has 116 valence electrons. The molecule has 0 aliphatic carbocycles. The summed E-state index contributed by atoms with van der Waals surface area (Å²) in [7, 11) is 0. The number of rotatable bonds is 7. The van der Waals surface area contributed by atoms with Gasteiger partial charge in [0.1, 0.15) is 5.75 Å². The summed E-state index contributed by atoms with van der Waals surface area (Å²) in [5.74, 6) is 0.610. The molecule has 0 aromatic heterocycles. The molecule has 2 aromatic rings.